The maximum atomic E-state index is 12.7. The number of hydrogen-bond donors (Lipinski definition) is 0. The molecule has 1 aliphatic rings. The van der Waals surface area contributed by atoms with Crippen LogP contribution in [0.4, 0.5) is 4.79 Å². The number of carbonyl (C=O) groups is 1. The molecule has 1 aromatic rings. The highest BCUT2D eigenvalue weighted by molar-refractivity contribution is 5.69. The SMILES string of the molecule is CC#CCN(C(=O)OC(C)(C)C)[C@@H]1Cc2ccccc2C[C@@H]1N=[N+]=[N-]. The Morgan fingerprint density at radius 1 is 1.36 bits per heavy atom. The number of azide groups is 1. The van der Waals surface area contributed by atoms with Crippen molar-refractivity contribution in [1.82, 2.24) is 4.90 Å². The minimum atomic E-state index is -0.602. The van der Waals surface area contributed by atoms with Crippen molar-refractivity contribution in [3.05, 3.63) is 45.8 Å². The maximum Gasteiger partial charge on any atom is 0.411 e. The topological polar surface area (TPSA) is 78.3 Å². The Balaban J connectivity index is 2.36. The zero-order valence-electron chi connectivity index (χ0n) is 15.2. The van der Waals surface area contributed by atoms with E-state index in [1.54, 1.807) is 11.8 Å². The van der Waals surface area contributed by atoms with E-state index in [9.17, 15) is 4.79 Å². The maximum absolute atomic E-state index is 12.7. The molecule has 2 rings (SSSR count). The van der Waals surface area contributed by atoms with Gasteiger partial charge < -0.3 is 4.74 Å². The van der Waals surface area contributed by atoms with Crippen molar-refractivity contribution in [2.24, 2.45) is 5.11 Å². The molecule has 0 unspecified atom stereocenters. The van der Waals surface area contributed by atoms with Crippen LogP contribution >= 0.6 is 0 Å². The van der Waals surface area contributed by atoms with Gasteiger partial charge in [0.15, 0.2) is 0 Å². The normalized spacial score (nSPS) is 18.9. The van der Waals surface area contributed by atoms with E-state index in [-0.39, 0.29) is 18.6 Å². The van der Waals surface area contributed by atoms with E-state index in [1.165, 1.54) is 0 Å². The van der Waals surface area contributed by atoms with Crippen LogP contribution in [0.25, 0.3) is 10.4 Å². The molecule has 0 N–H and O–H groups in total. The summed E-state index contributed by atoms with van der Waals surface area (Å²) in [6.45, 7) is 7.46. The van der Waals surface area contributed by atoms with Crippen LogP contribution in [0.1, 0.15) is 38.8 Å². The fourth-order valence-electron chi connectivity index (χ4n) is 2.98. The molecule has 1 aromatic carbocycles. The number of fused-ring (bicyclic) bond motifs is 1. The summed E-state index contributed by atoms with van der Waals surface area (Å²) in [6, 6.07) is 7.42. The molecule has 2 atom stereocenters. The summed E-state index contributed by atoms with van der Waals surface area (Å²) in [4.78, 5) is 17.3. The minimum Gasteiger partial charge on any atom is -0.444 e. The van der Waals surface area contributed by atoms with E-state index in [4.69, 9.17) is 10.3 Å². The first kappa shape index (κ1) is 18.7. The van der Waals surface area contributed by atoms with Gasteiger partial charge >= 0.3 is 6.09 Å². The number of hydrogen-bond acceptors (Lipinski definition) is 3. The molecule has 6 heteroatoms. The number of rotatable bonds is 3. The number of ether oxygens (including phenoxy) is 1. The molecule has 0 radical (unpaired) electrons. The lowest BCUT2D eigenvalue weighted by molar-refractivity contribution is 0.0161. The quantitative estimate of drug-likeness (QED) is 0.359. The molecule has 25 heavy (non-hydrogen) atoms. The zero-order chi connectivity index (χ0) is 18.4. The Kier molecular flexibility index (Phi) is 5.95. The van der Waals surface area contributed by atoms with Crippen LogP contribution in [0.3, 0.4) is 0 Å². The number of amides is 1. The number of nitrogens with zero attached hydrogens (tertiary/aromatic N) is 4. The summed E-state index contributed by atoms with van der Waals surface area (Å²) >= 11 is 0. The average Bonchev–Trinajstić information content (AvgIpc) is 2.54. The van der Waals surface area contributed by atoms with Crippen LogP contribution in [-0.2, 0) is 17.6 Å². The van der Waals surface area contributed by atoms with E-state index in [0.29, 0.717) is 12.8 Å². The van der Waals surface area contributed by atoms with Gasteiger partial charge in [-0.2, -0.15) is 0 Å². The smallest absolute Gasteiger partial charge is 0.411 e. The van der Waals surface area contributed by atoms with Gasteiger partial charge in [0.2, 0.25) is 0 Å². The van der Waals surface area contributed by atoms with Crippen molar-refractivity contribution in [1.29, 1.82) is 0 Å². The third-order valence-electron chi connectivity index (χ3n) is 4.08. The standard InChI is InChI=1S/C19H24N4O2/c1-5-6-11-23(18(24)25-19(2,3)4)17-13-15-10-8-7-9-14(15)12-16(17)21-22-20/h7-10,16-17H,11-13H2,1-4H3/t16-,17+/m0/s1. The Labute approximate surface area is 148 Å². The molecule has 132 valence electrons. The van der Waals surface area contributed by atoms with E-state index < -0.39 is 11.7 Å². The van der Waals surface area contributed by atoms with Gasteiger partial charge in [-0.25, -0.2) is 4.79 Å². The minimum absolute atomic E-state index is 0.246. The Morgan fingerprint density at radius 3 is 2.56 bits per heavy atom. The molecule has 0 saturated heterocycles. The predicted octanol–water partition coefficient (Wildman–Crippen LogP) is 4.09. The molecule has 0 heterocycles. The van der Waals surface area contributed by atoms with Crippen LogP contribution in [0.15, 0.2) is 29.4 Å². The first-order valence-corrected chi connectivity index (χ1v) is 8.36. The third-order valence-corrected chi connectivity index (χ3v) is 4.08. The van der Waals surface area contributed by atoms with Crippen molar-refractivity contribution in [3.63, 3.8) is 0 Å². The van der Waals surface area contributed by atoms with Crippen molar-refractivity contribution < 1.29 is 9.53 Å². The van der Waals surface area contributed by atoms with Crippen LogP contribution in [0, 0.1) is 11.8 Å². The monoisotopic (exact) mass is 340 g/mol. The van der Waals surface area contributed by atoms with Gasteiger partial charge in [-0.3, -0.25) is 4.90 Å². The van der Waals surface area contributed by atoms with Gasteiger partial charge in [-0.05, 0) is 57.2 Å². The third kappa shape index (κ3) is 4.91. The van der Waals surface area contributed by atoms with Gasteiger partial charge in [-0.15, -0.1) is 5.92 Å². The Morgan fingerprint density at radius 2 is 2.00 bits per heavy atom. The molecule has 0 bridgehead atoms. The lowest BCUT2D eigenvalue weighted by Gasteiger charge is -2.38. The van der Waals surface area contributed by atoms with Gasteiger partial charge in [0.05, 0.1) is 12.6 Å². The van der Waals surface area contributed by atoms with Crippen LogP contribution in [0.5, 0.6) is 0 Å². The highest BCUT2D eigenvalue weighted by atomic mass is 16.6. The second-order valence-electron chi connectivity index (χ2n) is 7.05. The molecule has 1 aliphatic carbocycles. The second kappa shape index (κ2) is 7.96. The molecule has 0 spiro atoms. The molecular weight excluding hydrogens is 316 g/mol. The van der Waals surface area contributed by atoms with Gasteiger partial charge in [0.1, 0.15) is 5.60 Å². The fourth-order valence-corrected chi connectivity index (χ4v) is 2.98. The van der Waals surface area contributed by atoms with Crippen molar-refractivity contribution in [3.8, 4) is 11.8 Å². The van der Waals surface area contributed by atoms with E-state index in [0.717, 1.165) is 11.1 Å². The second-order valence-corrected chi connectivity index (χ2v) is 7.05. The molecule has 6 nitrogen and oxygen atoms in total. The largest absolute Gasteiger partial charge is 0.444 e. The summed E-state index contributed by atoms with van der Waals surface area (Å²) in [6.07, 6.45) is 0.784. The summed E-state index contributed by atoms with van der Waals surface area (Å²) in [5, 5.41) is 3.95. The number of benzene rings is 1. The predicted molar refractivity (Wildman–Crippen MR) is 97.0 cm³/mol. The highest BCUT2D eigenvalue weighted by Gasteiger charge is 2.36. The van der Waals surface area contributed by atoms with Crippen LogP contribution in [0.2, 0.25) is 0 Å². The lowest BCUT2D eigenvalue weighted by Crippen LogP contribution is -2.51. The summed E-state index contributed by atoms with van der Waals surface area (Å²) in [7, 11) is 0. The molecule has 0 fully saturated rings. The van der Waals surface area contributed by atoms with Gasteiger partial charge in [-0.1, -0.05) is 35.3 Å². The summed E-state index contributed by atoms with van der Waals surface area (Å²) in [5.74, 6) is 5.76. The van der Waals surface area contributed by atoms with E-state index in [2.05, 4.69) is 21.9 Å². The average molecular weight is 340 g/mol. The highest BCUT2D eigenvalue weighted by Crippen LogP contribution is 2.28. The van der Waals surface area contributed by atoms with Gasteiger partial charge in [0, 0.05) is 11.0 Å². The van der Waals surface area contributed by atoms with Crippen molar-refractivity contribution in [2.45, 2.75) is 58.2 Å². The molecule has 1 amide bonds. The van der Waals surface area contributed by atoms with Crippen LogP contribution in [-0.4, -0.2) is 35.2 Å². The molecular formula is C19H24N4O2. The van der Waals surface area contributed by atoms with Crippen LogP contribution < -0.4 is 0 Å². The zero-order valence-corrected chi connectivity index (χ0v) is 15.2. The molecule has 0 saturated carbocycles. The Hall–Kier alpha value is -2.64. The Bertz CT molecular complexity index is 736. The van der Waals surface area contributed by atoms with E-state index in [1.807, 2.05) is 45.0 Å². The van der Waals surface area contributed by atoms with Crippen molar-refractivity contribution in [2.75, 3.05) is 6.54 Å². The van der Waals surface area contributed by atoms with Crippen molar-refractivity contribution >= 4 is 6.09 Å². The number of carbonyl (C=O) groups excluding carboxylic acids is 1. The summed E-state index contributed by atoms with van der Waals surface area (Å²) < 4.78 is 5.55. The van der Waals surface area contributed by atoms with E-state index >= 15 is 0 Å². The summed E-state index contributed by atoms with van der Waals surface area (Å²) in [5.41, 5.74) is 10.7. The fraction of sp³-hybridized carbons (Fsp3) is 0.526. The first-order chi connectivity index (χ1) is 11.9. The molecule has 0 aromatic heterocycles. The first-order valence-electron chi connectivity index (χ1n) is 8.36. The lowest BCUT2D eigenvalue weighted by atomic mass is 9.84. The molecule has 0 aliphatic heterocycles. The van der Waals surface area contributed by atoms with Gasteiger partial charge in [0.25, 0.3) is 0 Å².